The summed E-state index contributed by atoms with van der Waals surface area (Å²) in [6.45, 7) is 0.873. The van der Waals surface area contributed by atoms with Crippen molar-refractivity contribution in [3.63, 3.8) is 0 Å². The van der Waals surface area contributed by atoms with Crippen LogP contribution in [0.3, 0.4) is 0 Å². The SMILES string of the molecule is CC(CS(=O)(=O)[O-])S(=O)(=O)[O-]. The smallest absolute Gasteiger partial charge is 0.0982 e. The lowest BCUT2D eigenvalue weighted by atomic mass is 10.6. The Hall–Kier alpha value is -0.180. The maximum absolute atomic E-state index is 10.1. The Bertz CT molecular complexity index is 310. The first-order valence-corrected chi connectivity index (χ1v) is 5.56. The summed E-state index contributed by atoms with van der Waals surface area (Å²) in [5.74, 6) is -1.17. The van der Waals surface area contributed by atoms with Gasteiger partial charge in [0.05, 0.1) is 31.2 Å². The molecule has 0 radical (unpaired) electrons. The maximum atomic E-state index is 10.1. The second kappa shape index (κ2) is 3.05. The highest BCUT2D eigenvalue weighted by molar-refractivity contribution is 7.90. The predicted octanol–water partition coefficient (Wildman–Crippen LogP) is -1.53. The number of hydrogen-bond donors (Lipinski definition) is 0. The molecule has 0 aromatic carbocycles. The summed E-state index contributed by atoms with van der Waals surface area (Å²) in [4.78, 5) is 0. The van der Waals surface area contributed by atoms with Gasteiger partial charge < -0.3 is 9.11 Å². The van der Waals surface area contributed by atoms with E-state index in [1.54, 1.807) is 0 Å². The fourth-order valence-electron chi connectivity index (χ4n) is 0.371. The molecule has 0 aliphatic heterocycles. The van der Waals surface area contributed by atoms with Crippen LogP contribution >= 0.6 is 0 Å². The third-order valence-electron chi connectivity index (χ3n) is 0.932. The highest BCUT2D eigenvalue weighted by Gasteiger charge is 2.12. The molecule has 1 atom stereocenters. The fraction of sp³-hybridized carbons (Fsp3) is 1.00. The third kappa shape index (κ3) is 5.13. The largest absolute Gasteiger partial charge is 0.748 e. The molecule has 8 heteroatoms. The topological polar surface area (TPSA) is 114 Å². The van der Waals surface area contributed by atoms with Gasteiger partial charge in [-0.15, -0.1) is 0 Å². The summed E-state index contributed by atoms with van der Waals surface area (Å²) in [5, 5.41) is -1.68. The van der Waals surface area contributed by atoms with Crippen molar-refractivity contribution in [3.8, 4) is 0 Å². The van der Waals surface area contributed by atoms with E-state index in [0.717, 1.165) is 6.92 Å². The summed E-state index contributed by atoms with van der Waals surface area (Å²) >= 11 is 0. The molecule has 0 aliphatic rings. The van der Waals surface area contributed by atoms with E-state index in [0.29, 0.717) is 0 Å². The lowest BCUT2D eigenvalue weighted by Gasteiger charge is -2.17. The minimum absolute atomic E-state index is 0.873. The molecule has 68 valence electrons. The highest BCUT2D eigenvalue weighted by Crippen LogP contribution is 1.99. The molecule has 0 saturated carbocycles. The van der Waals surface area contributed by atoms with Gasteiger partial charge in [-0.1, -0.05) is 0 Å². The number of hydrogen-bond acceptors (Lipinski definition) is 6. The molecule has 0 saturated heterocycles. The van der Waals surface area contributed by atoms with Crippen LogP contribution in [-0.2, 0) is 20.2 Å². The van der Waals surface area contributed by atoms with Crippen molar-refractivity contribution in [3.05, 3.63) is 0 Å². The average molecular weight is 202 g/mol. The van der Waals surface area contributed by atoms with E-state index >= 15 is 0 Å². The van der Waals surface area contributed by atoms with Crippen molar-refractivity contribution in [1.29, 1.82) is 0 Å². The van der Waals surface area contributed by atoms with Crippen molar-refractivity contribution >= 4 is 20.2 Å². The molecular formula is C3H6O6S2-2. The maximum Gasteiger partial charge on any atom is 0.0982 e. The Morgan fingerprint density at radius 2 is 1.55 bits per heavy atom. The summed E-state index contributed by atoms with van der Waals surface area (Å²) in [6.07, 6.45) is 0. The van der Waals surface area contributed by atoms with Gasteiger partial charge in [0, 0.05) is 0 Å². The van der Waals surface area contributed by atoms with Crippen LogP contribution in [0.15, 0.2) is 0 Å². The van der Waals surface area contributed by atoms with Crippen molar-refractivity contribution in [2.24, 2.45) is 0 Å². The molecule has 0 aromatic heterocycles. The van der Waals surface area contributed by atoms with E-state index in [2.05, 4.69) is 0 Å². The molecule has 0 aliphatic carbocycles. The van der Waals surface area contributed by atoms with Crippen LogP contribution in [0, 0.1) is 0 Å². The van der Waals surface area contributed by atoms with Gasteiger partial charge in [0.25, 0.3) is 0 Å². The Kier molecular flexibility index (Phi) is 3.00. The molecule has 6 nitrogen and oxygen atoms in total. The lowest BCUT2D eigenvalue weighted by molar-refractivity contribution is 0.441. The highest BCUT2D eigenvalue weighted by atomic mass is 32.2. The van der Waals surface area contributed by atoms with E-state index in [1.807, 2.05) is 0 Å². The first-order chi connectivity index (χ1) is 4.63. The summed E-state index contributed by atoms with van der Waals surface area (Å²) in [7, 11) is -9.30. The molecular weight excluding hydrogens is 196 g/mol. The molecule has 11 heavy (non-hydrogen) atoms. The van der Waals surface area contributed by atoms with Crippen molar-refractivity contribution in [2.45, 2.75) is 12.2 Å². The summed E-state index contributed by atoms with van der Waals surface area (Å²) in [6, 6.07) is 0. The zero-order valence-corrected chi connectivity index (χ0v) is 7.18. The fourth-order valence-corrected chi connectivity index (χ4v) is 2.11. The van der Waals surface area contributed by atoms with Crippen LogP contribution < -0.4 is 0 Å². The average Bonchev–Trinajstić information content (AvgIpc) is 1.56. The van der Waals surface area contributed by atoms with Crippen LogP contribution in [0.4, 0.5) is 0 Å². The minimum Gasteiger partial charge on any atom is -0.748 e. The Morgan fingerprint density at radius 3 is 1.64 bits per heavy atom. The van der Waals surface area contributed by atoms with Crippen molar-refractivity contribution < 1.29 is 25.9 Å². The van der Waals surface area contributed by atoms with E-state index < -0.39 is 31.2 Å². The quantitative estimate of drug-likeness (QED) is 0.512. The van der Waals surface area contributed by atoms with Gasteiger partial charge in [-0.05, 0) is 6.92 Å². The monoisotopic (exact) mass is 202 g/mol. The van der Waals surface area contributed by atoms with Gasteiger partial charge in [0.15, 0.2) is 0 Å². The normalized spacial score (nSPS) is 16.3. The molecule has 0 heterocycles. The van der Waals surface area contributed by atoms with Crippen LogP contribution in [0.25, 0.3) is 0 Å². The van der Waals surface area contributed by atoms with Gasteiger partial charge >= 0.3 is 0 Å². The number of rotatable bonds is 3. The van der Waals surface area contributed by atoms with Crippen molar-refractivity contribution in [1.82, 2.24) is 0 Å². The molecule has 0 rings (SSSR count). The molecule has 0 spiro atoms. The van der Waals surface area contributed by atoms with Gasteiger partial charge in [0.2, 0.25) is 0 Å². The zero-order chi connectivity index (χ0) is 9.28. The minimum atomic E-state index is -4.67. The third-order valence-corrected chi connectivity index (χ3v) is 3.20. The van der Waals surface area contributed by atoms with Gasteiger partial charge in [-0.3, -0.25) is 0 Å². The van der Waals surface area contributed by atoms with E-state index in [-0.39, 0.29) is 0 Å². The van der Waals surface area contributed by atoms with Crippen LogP contribution in [0.2, 0.25) is 0 Å². The Labute approximate surface area is 64.7 Å². The van der Waals surface area contributed by atoms with E-state index in [1.165, 1.54) is 0 Å². The zero-order valence-electron chi connectivity index (χ0n) is 5.55. The summed E-state index contributed by atoms with van der Waals surface area (Å²) in [5.41, 5.74) is 0. The predicted molar refractivity (Wildman–Crippen MR) is 33.7 cm³/mol. The first kappa shape index (κ1) is 10.8. The molecule has 0 N–H and O–H groups in total. The second-order valence-corrected chi connectivity index (χ2v) is 5.27. The van der Waals surface area contributed by atoms with Crippen LogP contribution in [0.5, 0.6) is 0 Å². The van der Waals surface area contributed by atoms with E-state index in [9.17, 15) is 25.9 Å². The van der Waals surface area contributed by atoms with Crippen molar-refractivity contribution in [2.75, 3.05) is 5.75 Å². The first-order valence-electron chi connectivity index (χ1n) is 2.51. The van der Waals surface area contributed by atoms with Gasteiger partial charge in [-0.2, -0.15) is 0 Å². The van der Waals surface area contributed by atoms with E-state index in [4.69, 9.17) is 0 Å². The summed E-state index contributed by atoms with van der Waals surface area (Å²) < 4.78 is 59.9. The van der Waals surface area contributed by atoms with Crippen LogP contribution in [0.1, 0.15) is 6.92 Å². The van der Waals surface area contributed by atoms with Gasteiger partial charge in [-0.25, -0.2) is 16.8 Å². The molecule has 0 bridgehead atoms. The lowest BCUT2D eigenvalue weighted by Crippen LogP contribution is -2.26. The van der Waals surface area contributed by atoms with Crippen LogP contribution in [-0.4, -0.2) is 36.9 Å². The Morgan fingerprint density at radius 1 is 1.18 bits per heavy atom. The molecule has 0 aromatic rings. The molecule has 1 unspecified atom stereocenters. The van der Waals surface area contributed by atoms with Gasteiger partial charge in [0.1, 0.15) is 0 Å². The standard InChI is InChI=1S/C3H8O6S2/c1-3(11(7,8)9)2-10(4,5)6/h3H,2H2,1H3,(H,4,5,6)(H,7,8,9)/p-2. The second-order valence-electron chi connectivity index (χ2n) is 2.03. The molecule has 0 amide bonds. The Balaban J connectivity index is 4.47. The molecule has 0 fully saturated rings.